The third-order valence-corrected chi connectivity index (χ3v) is 4.61. The van der Waals surface area contributed by atoms with Crippen LogP contribution in [0.5, 0.6) is 0 Å². The molecule has 0 aromatic rings. The van der Waals surface area contributed by atoms with E-state index in [1.54, 1.807) is 0 Å². The summed E-state index contributed by atoms with van der Waals surface area (Å²) in [4.78, 5) is 4.97. The van der Waals surface area contributed by atoms with Crippen molar-refractivity contribution >= 4 is 0 Å². The molecule has 0 aromatic carbocycles. The van der Waals surface area contributed by atoms with Crippen LogP contribution >= 0.6 is 0 Å². The summed E-state index contributed by atoms with van der Waals surface area (Å²) < 4.78 is 5.80. The Morgan fingerprint density at radius 2 is 2.00 bits per heavy atom. The Morgan fingerprint density at radius 1 is 1.18 bits per heavy atom. The molecule has 0 aliphatic carbocycles. The minimum atomic E-state index is 0.393. The smallest absolute Gasteiger partial charge is 0.0826 e. The zero-order valence-corrected chi connectivity index (χ0v) is 10.9. The van der Waals surface area contributed by atoms with Crippen LogP contribution in [0.1, 0.15) is 12.8 Å². The summed E-state index contributed by atoms with van der Waals surface area (Å²) in [7, 11) is 2.18. The lowest BCUT2D eigenvalue weighted by atomic mass is 9.84. The van der Waals surface area contributed by atoms with Crippen molar-refractivity contribution in [2.75, 3.05) is 52.9 Å². The van der Waals surface area contributed by atoms with Gasteiger partial charge in [-0.05, 0) is 38.9 Å². The van der Waals surface area contributed by atoms with Crippen molar-refractivity contribution in [3.05, 3.63) is 0 Å². The highest BCUT2D eigenvalue weighted by molar-refractivity contribution is 4.91. The average molecular weight is 239 g/mol. The summed E-state index contributed by atoms with van der Waals surface area (Å²) >= 11 is 0. The summed E-state index contributed by atoms with van der Waals surface area (Å²) in [5, 5.41) is 3.75. The number of rotatable bonds is 3. The van der Waals surface area contributed by atoms with Crippen LogP contribution in [0.4, 0.5) is 0 Å². The monoisotopic (exact) mass is 239 g/mol. The number of morpholine rings is 1. The Morgan fingerprint density at radius 3 is 2.65 bits per heavy atom. The van der Waals surface area contributed by atoms with Crippen LogP contribution in [0.2, 0.25) is 0 Å². The molecule has 4 rings (SSSR count). The maximum atomic E-state index is 5.80. The Balaban J connectivity index is 1.44. The molecule has 4 aliphatic rings. The highest BCUT2D eigenvalue weighted by Gasteiger charge is 2.34. The van der Waals surface area contributed by atoms with Gasteiger partial charge in [-0.25, -0.2) is 0 Å². The summed E-state index contributed by atoms with van der Waals surface area (Å²) in [5.74, 6) is 0.918. The molecule has 0 amide bonds. The molecular weight excluding hydrogens is 214 g/mol. The van der Waals surface area contributed by atoms with E-state index in [-0.39, 0.29) is 0 Å². The fourth-order valence-corrected chi connectivity index (χ4v) is 3.47. The van der Waals surface area contributed by atoms with Gasteiger partial charge in [-0.1, -0.05) is 0 Å². The predicted octanol–water partition coefficient (Wildman–Crippen LogP) is 0.000800. The van der Waals surface area contributed by atoms with Crippen molar-refractivity contribution in [1.29, 1.82) is 0 Å². The van der Waals surface area contributed by atoms with Gasteiger partial charge in [-0.15, -0.1) is 0 Å². The van der Waals surface area contributed by atoms with Crippen LogP contribution in [-0.2, 0) is 4.74 Å². The molecule has 1 N–H and O–H groups in total. The van der Waals surface area contributed by atoms with Gasteiger partial charge in [0.1, 0.15) is 0 Å². The molecule has 0 spiro atoms. The molecule has 4 aliphatic heterocycles. The number of hydrogen-bond donors (Lipinski definition) is 1. The van der Waals surface area contributed by atoms with Gasteiger partial charge in [0.15, 0.2) is 0 Å². The van der Waals surface area contributed by atoms with E-state index >= 15 is 0 Å². The zero-order chi connectivity index (χ0) is 11.7. The van der Waals surface area contributed by atoms with E-state index in [1.165, 1.54) is 32.5 Å². The summed E-state index contributed by atoms with van der Waals surface area (Å²) in [6, 6.07) is 0.716. The minimum Gasteiger partial charge on any atom is -0.374 e. The van der Waals surface area contributed by atoms with Crippen molar-refractivity contribution in [2.24, 2.45) is 5.92 Å². The number of piperidine rings is 3. The van der Waals surface area contributed by atoms with Crippen LogP contribution in [0.25, 0.3) is 0 Å². The molecule has 4 saturated heterocycles. The van der Waals surface area contributed by atoms with Crippen LogP contribution in [-0.4, -0.2) is 74.9 Å². The molecular formula is C13H25N3O. The molecule has 0 aromatic heterocycles. The highest BCUT2D eigenvalue weighted by atomic mass is 16.5. The fourth-order valence-electron chi connectivity index (χ4n) is 3.47. The van der Waals surface area contributed by atoms with E-state index < -0.39 is 0 Å². The van der Waals surface area contributed by atoms with Gasteiger partial charge in [0.25, 0.3) is 0 Å². The zero-order valence-electron chi connectivity index (χ0n) is 10.9. The first-order chi connectivity index (χ1) is 8.31. The molecule has 98 valence electrons. The van der Waals surface area contributed by atoms with Crippen molar-refractivity contribution < 1.29 is 4.74 Å². The summed E-state index contributed by atoms with van der Waals surface area (Å²) in [5.41, 5.74) is 0. The highest BCUT2D eigenvalue weighted by Crippen LogP contribution is 2.27. The fraction of sp³-hybridized carbons (Fsp3) is 1.00. The second-order valence-corrected chi connectivity index (χ2v) is 5.91. The third-order valence-electron chi connectivity index (χ3n) is 4.61. The number of fused-ring (bicyclic) bond motifs is 3. The third kappa shape index (κ3) is 2.81. The normalized spacial score (nSPS) is 42.9. The minimum absolute atomic E-state index is 0.393. The van der Waals surface area contributed by atoms with Crippen LogP contribution in [0.15, 0.2) is 0 Å². The summed E-state index contributed by atoms with van der Waals surface area (Å²) in [6.45, 7) is 7.98. The molecule has 4 heterocycles. The van der Waals surface area contributed by atoms with E-state index in [0.717, 1.165) is 32.2 Å². The largest absolute Gasteiger partial charge is 0.374 e. The lowest BCUT2D eigenvalue weighted by molar-refractivity contribution is -0.0241. The van der Waals surface area contributed by atoms with Gasteiger partial charge >= 0.3 is 0 Å². The van der Waals surface area contributed by atoms with E-state index in [4.69, 9.17) is 4.74 Å². The number of hydrogen-bond acceptors (Lipinski definition) is 4. The van der Waals surface area contributed by atoms with E-state index in [9.17, 15) is 0 Å². The number of nitrogens with zero attached hydrogens (tertiary/aromatic N) is 2. The summed E-state index contributed by atoms with van der Waals surface area (Å²) in [6.07, 6.45) is 3.18. The molecule has 4 nitrogen and oxygen atoms in total. The van der Waals surface area contributed by atoms with Gasteiger partial charge in [0, 0.05) is 32.2 Å². The molecule has 0 radical (unpaired) electrons. The van der Waals surface area contributed by atoms with Crippen LogP contribution in [0.3, 0.4) is 0 Å². The standard InChI is InChI=1S/C13H25N3O/c1-15-6-7-17-12(9-15)8-14-13-10-16-4-2-11(13)3-5-16/h11-14H,2-10H2,1H3. The Kier molecular flexibility index (Phi) is 3.66. The molecule has 0 saturated carbocycles. The van der Waals surface area contributed by atoms with Crippen LogP contribution < -0.4 is 5.32 Å². The van der Waals surface area contributed by atoms with Crippen molar-refractivity contribution in [3.63, 3.8) is 0 Å². The van der Waals surface area contributed by atoms with Crippen molar-refractivity contribution in [1.82, 2.24) is 15.1 Å². The number of ether oxygens (including phenoxy) is 1. The molecule has 4 heteroatoms. The number of nitrogens with one attached hydrogen (secondary N) is 1. The van der Waals surface area contributed by atoms with Crippen molar-refractivity contribution in [3.8, 4) is 0 Å². The molecule has 2 atom stereocenters. The van der Waals surface area contributed by atoms with E-state index in [0.29, 0.717) is 12.1 Å². The first-order valence-electron chi connectivity index (χ1n) is 7.07. The molecule has 17 heavy (non-hydrogen) atoms. The van der Waals surface area contributed by atoms with E-state index in [1.807, 2.05) is 0 Å². The second kappa shape index (κ2) is 5.22. The first-order valence-corrected chi connectivity index (χ1v) is 7.07. The molecule has 4 fully saturated rings. The lowest BCUT2D eigenvalue weighted by Crippen LogP contribution is -2.58. The van der Waals surface area contributed by atoms with Gasteiger partial charge in [-0.2, -0.15) is 0 Å². The Labute approximate surface area is 104 Å². The van der Waals surface area contributed by atoms with Gasteiger partial charge in [0.2, 0.25) is 0 Å². The first kappa shape index (κ1) is 11.9. The topological polar surface area (TPSA) is 27.7 Å². The maximum Gasteiger partial charge on any atom is 0.0826 e. The van der Waals surface area contributed by atoms with Gasteiger partial charge in [0.05, 0.1) is 12.7 Å². The predicted molar refractivity (Wildman–Crippen MR) is 68.2 cm³/mol. The quantitative estimate of drug-likeness (QED) is 0.750. The van der Waals surface area contributed by atoms with Crippen molar-refractivity contribution in [2.45, 2.75) is 25.0 Å². The Hall–Kier alpha value is -0.160. The van der Waals surface area contributed by atoms with Crippen LogP contribution in [0, 0.1) is 5.92 Å². The Bertz CT molecular complexity index is 253. The number of likely N-dealkylation sites (N-methyl/N-ethyl adjacent to an activating group) is 1. The maximum absolute atomic E-state index is 5.80. The van der Waals surface area contributed by atoms with E-state index in [2.05, 4.69) is 22.2 Å². The van der Waals surface area contributed by atoms with Gasteiger partial charge < -0.3 is 19.9 Å². The average Bonchev–Trinajstić information content (AvgIpc) is 2.38. The second-order valence-electron chi connectivity index (χ2n) is 5.91. The SMILES string of the molecule is CN1CCOC(CNC2CN3CCC2CC3)C1. The lowest BCUT2D eigenvalue weighted by Gasteiger charge is -2.45. The van der Waals surface area contributed by atoms with Gasteiger partial charge in [-0.3, -0.25) is 0 Å². The molecule has 2 bridgehead atoms. The molecule has 2 unspecified atom stereocenters.